The summed E-state index contributed by atoms with van der Waals surface area (Å²) in [6.45, 7) is 2.42. The van der Waals surface area contributed by atoms with Gasteiger partial charge in [-0.1, -0.05) is 0 Å². The van der Waals surface area contributed by atoms with Gasteiger partial charge in [0.1, 0.15) is 5.82 Å². The van der Waals surface area contributed by atoms with E-state index < -0.39 is 5.82 Å². The lowest BCUT2D eigenvalue weighted by molar-refractivity contribution is -0.143. The van der Waals surface area contributed by atoms with E-state index in [0.29, 0.717) is 24.0 Å². The van der Waals surface area contributed by atoms with Crippen molar-refractivity contribution in [1.82, 2.24) is 5.32 Å². The number of hydrogen-bond donors (Lipinski definition) is 1. The van der Waals surface area contributed by atoms with Crippen molar-refractivity contribution in [3.8, 4) is 0 Å². The largest absolute Gasteiger partial charge is 0.466 e. The summed E-state index contributed by atoms with van der Waals surface area (Å²) in [6, 6.07) is 3.90. The van der Waals surface area contributed by atoms with E-state index in [1.807, 2.05) is 0 Å². The van der Waals surface area contributed by atoms with Gasteiger partial charge in [-0.25, -0.2) is 4.39 Å². The number of esters is 1. The molecule has 0 spiro atoms. The Labute approximate surface area is 119 Å². The number of benzene rings is 1. The fourth-order valence-electron chi connectivity index (χ4n) is 1.43. The van der Waals surface area contributed by atoms with Gasteiger partial charge in [-0.2, -0.15) is 0 Å². The molecule has 19 heavy (non-hydrogen) atoms. The van der Waals surface area contributed by atoms with Crippen molar-refractivity contribution in [1.29, 1.82) is 0 Å². The van der Waals surface area contributed by atoms with Crippen LogP contribution < -0.4 is 5.32 Å². The van der Waals surface area contributed by atoms with Gasteiger partial charge in [0, 0.05) is 17.4 Å². The van der Waals surface area contributed by atoms with Gasteiger partial charge in [-0.3, -0.25) is 9.59 Å². The zero-order valence-electron chi connectivity index (χ0n) is 10.5. The van der Waals surface area contributed by atoms with Gasteiger partial charge < -0.3 is 10.1 Å². The highest BCUT2D eigenvalue weighted by molar-refractivity contribution is 9.10. The maximum Gasteiger partial charge on any atom is 0.305 e. The Balaban J connectivity index is 2.39. The molecule has 0 aromatic heterocycles. The van der Waals surface area contributed by atoms with Crippen LogP contribution in [0.5, 0.6) is 0 Å². The zero-order chi connectivity index (χ0) is 14.3. The van der Waals surface area contributed by atoms with E-state index in [2.05, 4.69) is 21.2 Å². The number of rotatable bonds is 6. The summed E-state index contributed by atoms with van der Waals surface area (Å²) in [4.78, 5) is 22.8. The molecule has 0 radical (unpaired) electrons. The minimum absolute atomic E-state index is 0.233. The number of nitrogens with one attached hydrogen (secondary N) is 1. The molecule has 0 heterocycles. The van der Waals surface area contributed by atoms with Gasteiger partial charge in [0.25, 0.3) is 5.91 Å². The summed E-state index contributed by atoms with van der Waals surface area (Å²) in [5, 5.41) is 2.62. The minimum Gasteiger partial charge on any atom is -0.466 e. The van der Waals surface area contributed by atoms with Crippen LogP contribution in [-0.4, -0.2) is 25.0 Å². The molecule has 1 rings (SSSR count). The lowest BCUT2D eigenvalue weighted by atomic mass is 10.2. The normalized spacial score (nSPS) is 10.1. The summed E-state index contributed by atoms with van der Waals surface area (Å²) >= 11 is 3.18. The predicted molar refractivity (Wildman–Crippen MR) is 72.3 cm³/mol. The molecule has 0 saturated heterocycles. The number of hydrogen-bond acceptors (Lipinski definition) is 3. The molecule has 0 aliphatic rings. The fraction of sp³-hybridized carbons (Fsp3) is 0.385. The van der Waals surface area contributed by atoms with Crippen LogP contribution in [0.25, 0.3) is 0 Å². The topological polar surface area (TPSA) is 55.4 Å². The third-order valence-corrected chi connectivity index (χ3v) is 3.01. The standard InChI is InChI=1S/C13H15BrFNO3/c1-2-19-12(17)4-3-7-16-13(18)10-8-9(15)5-6-11(10)14/h5-6,8H,2-4,7H2,1H3,(H,16,18). The summed E-state index contributed by atoms with van der Waals surface area (Å²) < 4.78 is 18.3. The summed E-state index contributed by atoms with van der Waals surface area (Å²) in [7, 11) is 0. The Morgan fingerprint density at radius 2 is 2.16 bits per heavy atom. The number of ether oxygens (including phenoxy) is 1. The van der Waals surface area contributed by atoms with E-state index in [0.717, 1.165) is 6.07 Å². The molecule has 1 aromatic carbocycles. The first-order chi connectivity index (χ1) is 9.04. The lowest BCUT2D eigenvalue weighted by Gasteiger charge is -2.07. The van der Waals surface area contributed by atoms with Crippen LogP contribution in [0.4, 0.5) is 4.39 Å². The Morgan fingerprint density at radius 3 is 2.84 bits per heavy atom. The van der Waals surface area contributed by atoms with E-state index in [4.69, 9.17) is 4.74 Å². The number of carbonyl (C=O) groups excluding carboxylic acids is 2. The van der Waals surface area contributed by atoms with E-state index in [9.17, 15) is 14.0 Å². The van der Waals surface area contributed by atoms with Crippen LogP contribution in [0.2, 0.25) is 0 Å². The Morgan fingerprint density at radius 1 is 1.42 bits per heavy atom. The van der Waals surface area contributed by atoms with Gasteiger partial charge in [0.2, 0.25) is 0 Å². The molecular formula is C13H15BrFNO3. The van der Waals surface area contributed by atoms with Crippen LogP contribution >= 0.6 is 15.9 Å². The summed E-state index contributed by atoms with van der Waals surface area (Å²) in [5.41, 5.74) is 0.233. The Bertz CT molecular complexity index is 465. The molecule has 0 saturated carbocycles. The molecular weight excluding hydrogens is 317 g/mol. The second-order valence-electron chi connectivity index (χ2n) is 3.79. The number of amides is 1. The molecule has 104 valence electrons. The summed E-state index contributed by atoms with van der Waals surface area (Å²) in [5.74, 6) is -1.14. The van der Waals surface area contributed by atoms with Crippen molar-refractivity contribution < 1.29 is 18.7 Å². The average molecular weight is 332 g/mol. The SMILES string of the molecule is CCOC(=O)CCCNC(=O)c1cc(F)ccc1Br. The molecule has 6 heteroatoms. The highest BCUT2D eigenvalue weighted by atomic mass is 79.9. The van der Waals surface area contributed by atoms with Crippen LogP contribution in [0.3, 0.4) is 0 Å². The van der Waals surface area contributed by atoms with E-state index >= 15 is 0 Å². The van der Waals surface area contributed by atoms with Gasteiger partial charge in [0.05, 0.1) is 12.2 Å². The van der Waals surface area contributed by atoms with Crippen LogP contribution in [0.1, 0.15) is 30.1 Å². The molecule has 0 atom stereocenters. The van der Waals surface area contributed by atoms with Crippen molar-refractivity contribution in [3.63, 3.8) is 0 Å². The quantitative estimate of drug-likeness (QED) is 0.644. The first kappa shape index (κ1) is 15.6. The highest BCUT2D eigenvalue weighted by Gasteiger charge is 2.10. The van der Waals surface area contributed by atoms with Crippen LogP contribution in [-0.2, 0) is 9.53 Å². The van der Waals surface area contributed by atoms with Crippen molar-refractivity contribution in [2.75, 3.05) is 13.2 Å². The first-order valence-corrected chi connectivity index (χ1v) is 6.72. The molecule has 0 aliphatic heterocycles. The Hall–Kier alpha value is -1.43. The maximum absolute atomic E-state index is 13.0. The van der Waals surface area contributed by atoms with Crippen molar-refractivity contribution in [2.45, 2.75) is 19.8 Å². The van der Waals surface area contributed by atoms with Gasteiger partial charge in [0.15, 0.2) is 0 Å². The third kappa shape index (κ3) is 5.38. The smallest absolute Gasteiger partial charge is 0.305 e. The lowest BCUT2D eigenvalue weighted by Crippen LogP contribution is -2.25. The second kappa shape index (κ2) is 7.89. The van der Waals surface area contributed by atoms with Crippen molar-refractivity contribution in [3.05, 3.63) is 34.1 Å². The molecule has 1 N–H and O–H groups in total. The van der Waals surface area contributed by atoms with Crippen LogP contribution in [0, 0.1) is 5.82 Å². The van der Waals surface area contributed by atoms with Crippen molar-refractivity contribution in [2.24, 2.45) is 0 Å². The van der Waals surface area contributed by atoms with Gasteiger partial charge in [-0.15, -0.1) is 0 Å². The minimum atomic E-state index is -0.472. The molecule has 4 nitrogen and oxygen atoms in total. The molecule has 0 fully saturated rings. The Kier molecular flexibility index (Phi) is 6.49. The molecule has 1 aromatic rings. The van der Waals surface area contributed by atoms with Gasteiger partial charge >= 0.3 is 5.97 Å². The molecule has 1 amide bonds. The molecule has 0 aliphatic carbocycles. The monoisotopic (exact) mass is 331 g/mol. The maximum atomic E-state index is 13.0. The zero-order valence-corrected chi connectivity index (χ0v) is 12.1. The molecule has 0 bridgehead atoms. The summed E-state index contributed by atoms with van der Waals surface area (Å²) in [6.07, 6.45) is 0.732. The van der Waals surface area contributed by atoms with E-state index in [-0.39, 0.29) is 23.9 Å². The number of halogens is 2. The third-order valence-electron chi connectivity index (χ3n) is 2.32. The van der Waals surface area contributed by atoms with Crippen LogP contribution in [0.15, 0.2) is 22.7 Å². The second-order valence-corrected chi connectivity index (χ2v) is 4.64. The van der Waals surface area contributed by atoms with E-state index in [1.54, 1.807) is 6.92 Å². The van der Waals surface area contributed by atoms with Crippen molar-refractivity contribution >= 4 is 27.8 Å². The molecule has 0 unspecified atom stereocenters. The highest BCUT2D eigenvalue weighted by Crippen LogP contribution is 2.17. The fourth-order valence-corrected chi connectivity index (χ4v) is 1.86. The van der Waals surface area contributed by atoms with Gasteiger partial charge in [-0.05, 0) is 47.5 Å². The number of carbonyl (C=O) groups is 2. The average Bonchev–Trinajstić information content (AvgIpc) is 2.37. The predicted octanol–water partition coefficient (Wildman–Crippen LogP) is 2.66. The van der Waals surface area contributed by atoms with E-state index in [1.165, 1.54) is 12.1 Å². The first-order valence-electron chi connectivity index (χ1n) is 5.93.